The fourth-order valence-electron chi connectivity index (χ4n) is 3.56. The third-order valence-electron chi connectivity index (χ3n) is 4.74. The Hall–Kier alpha value is -3.59. The molecule has 0 fully saturated rings. The third-order valence-corrected chi connectivity index (χ3v) is 4.74. The van der Waals surface area contributed by atoms with E-state index in [1.807, 2.05) is 18.2 Å². The van der Waals surface area contributed by atoms with Gasteiger partial charge in [0, 0.05) is 17.1 Å². The lowest BCUT2D eigenvalue weighted by Crippen LogP contribution is -2.05. The summed E-state index contributed by atoms with van der Waals surface area (Å²) in [6.07, 6.45) is 3.13. The van der Waals surface area contributed by atoms with Gasteiger partial charge in [-0.3, -0.25) is 4.79 Å². The normalized spacial score (nSPS) is 11.3. The van der Waals surface area contributed by atoms with Crippen molar-refractivity contribution in [2.24, 2.45) is 5.73 Å². The second kappa shape index (κ2) is 6.96. The Balaban J connectivity index is 1.99. The number of carbonyl (C=O) groups is 1. The number of benzene rings is 3. The highest BCUT2D eigenvalue weighted by molar-refractivity contribution is 5.94. The smallest absolute Gasteiger partial charge is 0.241 e. The molecule has 27 heavy (non-hydrogen) atoms. The molecular formula is C24H20N2O. The van der Waals surface area contributed by atoms with Crippen LogP contribution in [0.25, 0.3) is 33.9 Å². The largest absolute Gasteiger partial charge is 0.366 e. The molecule has 1 heterocycles. The van der Waals surface area contributed by atoms with E-state index < -0.39 is 5.91 Å². The van der Waals surface area contributed by atoms with Crippen molar-refractivity contribution in [3.05, 3.63) is 96.1 Å². The zero-order valence-electron chi connectivity index (χ0n) is 15.1. The number of amides is 1. The van der Waals surface area contributed by atoms with Gasteiger partial charge in [0.1, 0.15) is 0 Å². The summed E-state index contributed by atoms with van der Waals surface area (Å²) < 4.78 is 2.29. The van der Waals surface area contributed by atoms with E-state index in [0.717, 1.165) is 22.5 Å². The number of primary amides is 1. The molecule has 4 aromatic rings. The van der Waals surface area contributed by atoms with Crippen LogP contribution in [0.3, 0.4) is 0 Å². The Bertz CT molecular complexity index is 1150. The van der Waals surface area contributed by atoms with Crippen LogP contribution in [0.1, 0.15) is 11.1 Å². The summed E-state index contributed by atoms with van der Waals surface area (Å²) in [5, 5.41) is 1.23. The van der Waals surface area contributed by atoms with Gasteiger partial charge in [0.15, 0.2) is 0 Å². The van der Waals surface area contributed by atoms with Crippen molar-refractivity contribution in [2.45, 2.75) is 6.92 Å². The van der Waals surface area contributed by atoms with E-state index >= 15 is 0 Å². The molecule has 2 N–H and O–H groups in total. The van der Waals surface area contributed by atoms with Crippen LogP contribution >= 0.6 is 0 Å². The van der Waals surface area contributed by atoms with Crippen LogP contribution < -0.4 is 5.73 Å². The molecule has 0 unspecified atom stereocenters. The van der Waals surface area contributed by atoms with Crippen LogP contribution in [0.5, 0.6) is 0 Å². The summed E-state index contributed by atoms with van der Waals surface area (Å²) in [5.41, 5.74) is 11.9. The second-order valence-corrected chi connectivity index (χ2v) is 6.52. The van der Waals surface area contributed by atoms with E-state index in [4.69, 9.17) is 5.73 Å². The average molecular weight is 352 g/mol. The topological polar surface area (TPSA) is 48.0 Å². The lowest BCUT2D eigenvalue weighted by Gasteiger charge is -2.12. The molecule has 1 amide bonds. The molecule has 0 spiro atoms. The van der Waals surface area contributed by atoms with Crippen LogP contribution in [0.4, 0.5) is 0 Å². The predicted octanol–water partition coefficient (Wildman–Crippen LogP) is 5.10. The summed E-state index contributed by atoms with van der Waals surface area (Å²) in [6.45, 7) is 2.16. The molecule has 0 saturated carbocycles. The molecule has 0 aliphatic heterocycles. The maximum absolute atomic E-state index is 11.1. The minimum absolute atomic E-state index is 0.449. The standard InChI is InChI=1S/C24H20N2O/c1-17-21-12-5-6-13-22(21)26(20-10-3-2-4-11-20)24(17)19-9-7-8-18(16-19)14-15-23(25)27/h2-16H,1H3,(H2,25,27). The van der Waals surface area contributed by atoms with E-state index in [2.05, 4.69) is 72.2 Å². The SMILES string of the molecule is Cc1c(-c2cccc(C=CC(N)=O)c2)n(-c2ccccc2)c2ccccc12. The van der Waals surface area contributed by atoms with Gasteiger partial charge in [-0.25, -0.2) is 0 Å². The molecule has 0 saturated heterocycles. The highest BCUT2D eigenvalue weighted by atomic mass is 16.1. The molecule has 4 rings (SSSR count). The van der Waals surface area contributed by atoms with Crippen molar-refractivity contribution >= 4 is 22.9 Å². The molecule has 0 aliphatic rings. The van der Waals surface area contributed by atoms with Gasteiger partial charge in [0.2, 0.25) is 5.91 Å². The van der Waals surface area contributed by atoms with E-state index in [0.29, 0.717) is 0 Å². The van der Waals surface area contributed by atoms with Crippen LogP contribution in [-0.4, -0.2) is 10.5 Å². The van der Waals surface area contributed by atoms with Gasteiger partial charge >= 0.3 is 0 Å². The number of carbonyl (C=O) groups excluding carboxylic acids is 1. The first-order valence-corrected chi connectivity index (χ1v) is 8.88. The van der Waals surface area contributed by atoms with Gasteiger partial charge in [-0.1, -0.05) is 54.6 Å². The molecule has 0 radical (unpaired) electrons. The van der Waals surface area contributed by atoms with Crippen molar-refractivity contribution in [3.63, 3.8) is 0 Å². The molecule has 3 heteroatoms. The summed E-state index contributed by atoms with van der Waals surface area (Å²) >= 11 is 0. The number of nitrogens with two attached hydrogens (primary N) is 1. The number of rotatable bonds is 4. The Morgan fingerprint density at radius 3 is 2.44 bits per heavy atom. The van der Waals surface area contributed by atoms with E-state index in [-0.39, 0.29) is 0 Å². The molecular weight excluding hydrogens is 332 g/mol. The maximum Gasteiger partial charge on any atom is 0.241 e. The minimum Gasteiger partial charge on any atom is -0.366 e. The number of hydrogen-bond donors (Lipinski definition) is 1. The van der Waals surface area contributed by atoms with Crippen molar-refractivity contribution in [1.82, 2.24) is 4.57 Å². The van der Waals surface area contributed by atoms with Crippen LogP contribution in [-0.2, 0) is 4.79 Å². The van der Waals surface area contributed by atoms with Crippen molar-refractivity contribution in [2.75, 3.05) is 0 Å². The summed E-state index contributed by atoms with van der Waals surface area (Å²) in [4.78, 5) is 11.1. The Morgan fingerprint density at radius 1 is 0.926 bits per heavy atom. The molecule has 1 aromatic heterocycles. The number of nitrogens with zero attached hydrogens (tertiary/aromatic N) is 1. The molecule has 0 atom stereocenters. The number of fused-ring (bicyclic) bond motifs is 1. The van der Waals surface area contributed by atoms with E-state index in [1.54, 1.807) is 6.08 Å². The first-order valence-electron chi connectivity index (χ1n) is 8.88. The third kappa shape index (κ3) is 3.15. The monoisotopic (exact) mass is 352 g/mol. The number of hydrogen-bond acceptors (Lipinski definition) is 1. The lowest BCUT2D eigenvalue weighted by atomic mass is 10.0. The van der Waals surface area contributed by atoms with E-state index in [9.17, 15) is 4.79 Å². The fraction of sp³-hybridized carbons (Fsp3) is 0.0417. The molecule has 3 aromatic carbocycles. The highest BCUT2D eigenvalue weighted by Crippen LogP contribution is 2.36. The van der Waals surface area contributed by atoms with Gasteiger partial charge < -0.3 is 10.3 Å². The summed E-state index contributed by atoms with van der Waals surface area (Å²) in [6, 6.07) is 27.0. The van der Waals surface area contributed by atoms with Gasteiger partial charge in [-0.2, -0.15) is 0 Å². The van der Waals surface area contributed by atoms with Crippen molar-refractivity contribution in [3.8, 4) is 16.9 Å². The Morgan fingerprint density at radius 2 is 1.67 bits per heavy atom. The lowest BCUT2D eigenvalue weighted by molar-refractivity contribution is -0.113. The summed E-state index contributed by atoms with van der Waals surface area (Å²) in [5.74, 6) is -0.449. The minimum atomic E-state index is -0.449. The molecule has 132 valence electrons. The van der Waals surface area contributed by atoms with Crippen LogP contribution in [0.15, 0.2) is 84.9 Å². The quantitative estimate of drug-likeness (QED) is 0.510. The highest BCUT2D eigenvalue weighted by Gasteiger charge is 2.16. The number of aryl methyl sites for hydroxylation is 1. The molecule has 0 aliphatic carbocycles. The Labute approximate surface area is 158 Å². The van der Waals surface area contributed by atoms with Crippen molar-refractivity contribution in [1.29, 1.82) is 0 Å². The van der Waals surface area contributed by atoms with Gasteiger partial charge in [0.05, 0.1) is 11.2 Å². The van der Waals surface area contributed by atoms with Crippen molar-refractivity contribution < 1.29 is 4.79 Å². The number of aromatic nitrogens is 1. The van der Waals surface area contributed by atoms with Gasteiger partial charge in [0.25, 0.3) is 0 Å². The van der Waals surface area contributed by atoms with Crippen LogP contribution in [0, 0.1) is 6.92 Å². The number of para-hydroxylation sites is 2. The summed E-state index contributed by atoms with van der Waals surface area (Å²) in [7, 11) is 0. The second-order valence-electron chi connectivity index (χ2n) is 6.52. The van der Waals surface area contributed by atoms with E-state index in [1.165, 1.54) is 22.5 Å². The fourth-order valence-corrected chi connectivity index (χ4v) is 3.56. The van der Waals surface area contributed by atoms with Gasteiger partial charge in [-0.15, -0.1) is 0 Å². The molecule has 0 bridgehead atoms. The zero-order valence-corrected chi connectivity index (χ0v) is 15.1. The average Bonchev–Trinajstić information content (AvgIpc) is 3.00. The first kappa shape index (κ1) is 16.9. The molecule has 3 nitrogen and oxygen atoms in total. The van der Waals surface area contributed by atoms with Gasteiger partial charge in [-0.05, 0) is 54.0 Å². The Kier molecular flexibility index (Phi) is 4.35. The maximum atomic E-state index is 11.1. The van der Waals surface area contributed by atoms with Crippen LogP contribution in [0.2, 0.25) is 0 Å². The predicted molar refractivity (Wildman–Crippen MR) is 112 cm³/mol. The first-order chi connectivity index (χ1) is 13.1. The zero-order chi connectivity index (χ0) is 18.8.